The van der Waals surface area contributed by atoms with Crippen LogP contribution in [0.5, 0.6) is 0 Å². The number of ether oxygens (including phenoxy) is 1. The topological polar surface area (TPSA) is 130 Å². The van der Waals surface area contributed by atoms with E-state index >= 15 is 0 Å². The number of esters is 1. The van der Waals surface area contributed by atoms with Gasteiger partial charge in [0.15, 0.2) is 5.56 Å². The Morgan fingerprint density at radius 1 is 1.25 bits per heavy atom. The van der Waals surface area contributed by atoms with E-state index in [2.05, 4.69) is 0 Å². The van der Waals surface area contributed by atoms with E-state index in [9.17, 15) is 4.79 Å². The lowest BCUT2D eigenvalue weighted by atomic mass is 10.1. The predicted octanol–water partition coefficient (Wildman–Crippen LogP) is -1.84. The molecule has 0 saturated carbocycles. The van der Waals surface area contributed by atoms with Crippen LogP contribution in [-0.4, -0.2) is 12.6 Å². The van der Waals surface area contributed by atoms with Gasteiger partial charge in [-0.1, -0.05) is 6.92 Å². The van der Waals surface area contributed by atoms with Gasteiger partial charge in [0.05, 0.1) is 25.5 Å². The van der Waals surface area contributed by atoms with E-state index in [0.717, 1.165) is 17.7 Å². The Hall–Kier alpha value is -1.25. The minimum absolute atomic E-state index is 0.315. The lowest BCUT2D eigenvalue weighted by Gasteiger charge is -2.17. The molecule has 7 nitrogen and oxygen atoms in total. The third-order valence-electron chi connectivity index (χ3n) is 2.27. The standard InChI is InChI=1S/C12H17O3.ClHO4/c1-5-11-8(3)7-10(9(4)15-11)12(13)14-6-2;2-1(3,4)5/h7H,5-6H2,1-4H3;(H,2,3,4,5)/q+1;/p-1. The van der Waals surface area contributed by atoms with Crippen LogP contribution in [0.3, 0.4) is 0 Å². The maximum absolute atomic E-state index is 11.5. The zero-order valence-corrected chi connectivity index (χ0v) is 12.5. The average molecular weight is 309 g/mol. The van der Waals surface area contributed by atoms with Crippen LogP contribution in [0.2, 0.25) is 0 Å². The van der Waals surface area contributed by atoms with Crippen LogP contribution < -0.4 is 18.6 Å². The second kappa shape index (κ2) is 8.13. The molecule has 0 spiro atoms. The van der Waals surface area contributed by atoms with Gasteiger partial charge in [-0.05, 0) is 19.9 Å². The van der Waals surface area contributed by atoms with E-state index in [0.29, 0.717) is 17.9 Å². The maximum Gasteiger partial charge on any atom is 0.347 e. The van der Waals surface area contributed by atoms with Crippen molar-refractivity contribution in [1.29, 1.82) is 0 Å². The highest BCUT2D eigenvalue weighted by molar-refractivity contribution is 5.90. The summed E-state index contributed by atoms with van der Waals surface area (Å²) in [7, 11) is -4.94. The molecule has 1 aromatic rings. The quantitative estimate of drug-likeness (QED) is 0.473. The van der Waals surface area contributed by atoms with Gasteiger partial charge in [-0.15, -0.1) is 10.2 Å². The Kier molecular flexibility index (Phi) is 7.62. The molecule has 0 bridgehead atoms. The maximum atomic E-state index is 11.5. The largest absolute Gasteiger partial charge is 0.462 e. The molecule has 114 valence electrons. The summed E-state index contributed by atoms with van der Waals surface area (Å²) in [5.41, 5.74) is 1.51. The molecule has 0 amide bonds. The fourth-order valence-corrected chi connectivity index (χ4v) is 1.48. The second-order valence-electron chi connectivity index (χ2n) is 3.77. The summed E-state index contributed by atoms with van der Waals surface area (Å²) in [5.74, 6) is 1.22. The van der Waals surface area contributed by atoms with E-state index in [4.69, 9.17) is 27.8 Å². The van der Waals surface area contributed by atoms with E-state index < -0.39 is 10.2 Å². The van der Waals surface area contributed by atoms with Crippen LogP contribution in [0, 0.1) is 24.1 Å². The Morgan fingerprint density at radius 3 is 2.15 bits per heavy atom. The monoisotopic (exact) mass is 308 g/mol. The molecular formula is C12H17ClO7. The molecule has 1 rings (SSSR count). The van der Waals surface area contributed by atoms with E-state index in [1.165, 1.54) is 0 Å². The Bertz CT molecular complexity index is 448. The van der Waals surface area contributed by atoms with Crippen molar-refractivity contribution in [2.24, 2.45) is 0 Å². The molecule has 8 heteroatoms. The Labute approximate surface area is 119 Å². The molecule has 0 N–H and O–H groups in total. The average Bonchev–Trinajstić information content (AvgIpc) is 2.29. The number of carbonyl (C=O) groups is 1. The smallest absolute Gasteiger partial charge is 0.347 e. The van der Waals surface area contributed by atoms with Crippen LogP contribution in [0.4, 0.5) is 0 Å². The summed E-state index contributed by atoms with van der Waals surface area (Å²) >= 11 is 0. The van der Waals surface area contributed by atoms with Crippen molar-refractivity contribution in [3.05, 3.63) is 28.7 Å². The molecule has 0 fully saturated rings. The number of hydrogen-bond donors (Lipinski definition) is 0. The summed E-state index contributed by atoms with van der Waals surface area (Å²) in [4.78, 5) is 11.5. The lowest BCUT2D eigenvalue weighted by molar-refractivity contribution is -2.00. The molecule has 0 unspecified atom stereocenters. The molecule has 0 aromatic carbocycles. The van der Waals surface area contributed by atoms with Gasteiger partial charge in [0, 0.05) is 0 Å². The van der Waals surface area contributed by atoms with Crippen molar-refractivity contribution in [2.75, 3.05) is 6.61 Å². The zero-order valence-electron chi connectivity index (χ0n) is 11.7. The molecule has 0 aliphatic carbocycles. The van der Waals surface area contributed by atoms with Crippen molar-refractivity contribution in [2.45, 2.75) is 34.1 Å². The van der Waals surface area contributed by atoms with Gasteiger partial charge in [-0.3, -0.25) is 0 Å². The first kappa shape index (κ1) is 18.8. The molecule has 0 aliphatic heterocycles. The van der Waals surface area contributed by atoms with Gasteiger partial charge < -0.3 is 4.74 Å². The lowest BCUT2D eigenvalue weighted by Crippen LogP contribution is -2.68. The molecular weight excluding hydrogens is 292 g/mol. The van der Waals surface area contributed by atoms with Crippen LogP contribution in [0.1, 0.15) is 41.3 Å². The van der Waals surface area contributed by atoms with E-state index in [1.807, 2.05) is 19.9 Å². The third-order valence-corrected chi connectivity index (χ3v) is 2.27. The summed E-state index contributed by atoms with van der Waals surface area (Å²) in [6.45, 7) is 7.91. The van der Waals surface area contributed by atoms with Crippen LogP contribution >= 0.6 is 0 Å². The summed E-state index contributed by atoms with van der Waals surface area (Å²) in [5, 5.41) is 0. The van der Waals surface area contributed by atoms with Gasteiger partial charge in [-0.2, -0.15) is 0 Å². The first-order valence-electron chi connectivity index (χ1n) is 5.82. The fourth-order valence-electron chi connectivity index (χ4n) is 1.48. The highest BCUT2D eigenvalue weighted by Gasteiger charge is 2.23. The SMILES string of the molecule is CCOC(=O)c1cc(C)c(CC)[o+]c1C.[O-][Cl+3]([O-])([O-])[O-]. The van der Waals surface area contributed by atoms with Crippen molar-refractivity contribution < 1.29 is 42.8 Å². The molecule has 1 heterocycles. The highest BCUT2D eigenvalue weighted by Crippen LogP contribution is 2.17. The number of carbonyl (C=O) groups excluding carboxylic acids is 1. The minimum atomic E-state index is -4.94. The Morgan fingerprint density at radius 2 is 1.75 bits per heavy atom. The first-order chi connectivity index (χ1) is 9.10. The molecule has 1 aromatic heterocycles. The molecule has 0 aliphatic rings. The van der Waals surface area contributed by atoms with Crippen LogP contribution in [0.15, 0.2) is 10.5 Å². The van der Waals surface area contributed by atoms with Gasteiger partial charge in [0.1, 0.15) is 0 Å². The van der Waals surface area contributed by atoms with Crippen LogP contribution in [-0.2, 0) is 11.2 Å². The summed E-state index contributed by atoms with van der Waals surface area (Å²) in [6.07, 6.45) is 0.829. The van der Waals surface area contributed by atoms with Gasteiger partial charge in [-0.25, -0.2) is 27.8 Å². The van der Waals surface area contributed by atoms with Gasteiger partial charge >= 0.3 is 17.5 Å². The fraction of sp³-hybridized carbons (Fsp3) is 0.500. The summed E-state index contributed by atoms with van der Waals surface area (Å²) in [6, 6.07) is 1.83. The molecule has 0 saturated heterocycles. The van der Waals surface area contributed by atoms with Crippen molar-refractivity contribution in [3.63, 3.8) is 0 Å². The third kappa shape index (κ3) is 7.37. The minimum Gasteiger partial charge on any atom is -0.462 e. The molecule has 0 atom stereocenters. The number of rotatable bonds is 3. The second-order valence-corrected chi connectivity index (χ2v) is 4.53. The Balaban J connectivity index is 0.000000621. The normalized spacial score (nSPS) is 10.6. The molecule has 20 heavy (non-hydrogen) atoms. The van der Waals surface area contributed by atoms with Crippen molar-refractivity contribution in [3.8, 4) is 0 Å². The van der Waals surface area contributed by atoms with Crippen molar-refractivity contribution in [1.82, 2.24) is 0 Å². The first-order valence-corrected chi connectivity index (χ1v) is 7.05. The van der Waals surface area contributed by atoms with E-state index in [-0.39, 0.29) is 5.97 Å². The van der Waals surface area contributed by atoms with Gasteiger partial charge in [0.25, 0.3) is 0 Å². The number of halogens is 1. The van der Waals surface area contributed by atoms with Gasteiger partial charge in [0.2, 0.25) is 0 Å². The number of hydrogen-bond acceptors (Lipinski definition) is 6. The molecule has 0 radical (unpaired) electrons. The van der Waals surface area contributed by atoms with Crippen molar-refractivity contribution >= 4 is 5.97 Å². The predicted molar refractivity (Wildman–Crippen MR) is 57.9 cm³/mol. The number of aryl methyl sites for hydroxylation is 3. The highest BCUT2D eigenvalue weighted by atomic mass is 35.7. The zero-order chi connectivity index (χ0) is 15.9. The summed E-state index contributed by atoms with van der Waals surface area (Å²) < 4.78 is 44.5. The van der Waals surface area contributed by atoms with E-state index in [1.54, 1.807) is 13.8 Å². The van der Waals surface area contributed by atoms with Crippen LogP contribution in [0.25, 0.3) is 0 Å².